The second-order valence-corrected chi connectivity index (χ2v) is 8.15. The molecule has 2 nitrogen and oxygen atoms in total. The van der Waals surface area contributed by atoms with Gasteiger partial charge in [0.25, 0.3) is 0 Å². The van der Waals surface area contributed by atoms with Crippen LogP contribution in [-0.2, 0) is 5.41 Å². The standard InChI is InChI=1S/C17H25NOS/c1-16(2,3)14-9-8-13(20-14)15(19)17(12-18)10-6-4-5-7-11-17/h8-9,15,19H,4-7,10-11H2,1-3H3. The van der Waals surface area contributed by atoms with E-state index in [1.165, 1.54) is 17.7 Å². The lowest BCUT2D eigenvalue weighted by atomic mass is 9.76. The van der Waals surface area contributed by atoms with Crippen LogP contribution in [0, 0.1) is 16.7 Å². The SMILES string of the molecule is CC(C)(C)c1ccc(C(O)C2(C#N)CCCCCC2)s1. The monoisotopic (exact) mass is 291 g/mol. The molecular weight excluding hydrogens is 266 g/mol. The van der Waals surface area contributed by atoms with Gasteiger partial charge in [0.1, 0.15) is 6.10 Å². The van der Waals surface area contributed by atoms with Gasteiger partial charge in [-0.1, -0.05) is 46.5 Å². The van der Waals surface area contributed by atoms with Crippen molar-refractivity contribution in [3.05, 3.63) is 21.9 Å². The summed E-state index contributed by atoms with van der Waals surface area (Å²) in [6.07, 6.45) is 5.51. The fraction of sp³-hybridized carbons (Fsp3) is 0.706. The number of nitrogens with zero attached hydrogens (tertiary/aromatic N) is 1. The van der Waals surface area contributed by atoms with Gasteiger partial charge in [0.05, 0.1) is 11.5 Å². The molecule has 1 unspecified atom stereocenters. The largest absolute Gasteiger partial charge is 0.386 e. The highest BCUT2D eigenvalue weighted by Crippen LogP contribution is 2.47. The van der Waals surface area contributed by atoms with Gasteiger partial charge < -0.3 is 5.11 Å². The van der Waals surface area contributed by atoms with Crippen molar-refractivity contribution in [1.29, 1.82) is 5.26 Å². The first-order valence-corrected chi connectivity index (χ1v) is 8.40. The number of nitriles is 1. The predicted octanol–water partition coefficient (Wildman–Crippen LogP) is 4.94. The average molecular weight is 291 g/mol. The number of rotatable bonds is 2. The van der Waals surface area contributed by atoms with E-state index >= 15 is 0 Å². The lowest BCUT2D eigenvalue weighted by Crippen LogP contribution is -2.26. The maximum absolute atomic E-state index is 10.8. The van der Waals surface area contributed by atoms with E-state index in [-0.39, 0.29) is 5.41 Å². The van der Waals surface area contributed by atoms with Crippen molar-refractivity contribution in [1.82, 2.24) is 0 Å². The minimum atomic E-state index is -0.633. The molecule has 1 aliphatic rings. The summed E-state index contributed by atoms with van der Waals surface area (Å²) in [7, 11) is 0. The molecule has 0 spiro atoms. The molecule has 1 heterocycles. The van der Waals surface area contributed by atoms with Gasteiger partial charge in [0, 0.05) is 9.75 Å². The lowest BCUT2D eigenvalue weighted by Gasteiger charge is -2.30. The van der Waals surface area contributed by atoms with Gasteiger partial charge in [0.15, 0.2) is 0 Å². The first-order valence-electron chi connectivity index (χ1n) is 7.59. The van der Waals surface area contributed by atoms with Crippen LogP contribution in [0.5, 0.6) is 0 Å². The van der Waals surface area contributed by atoms with E-state index < -0.39 is 11.5 Å². The van der Waals surface area contributed by atoms with E-state index in [9.17, 15) is 10.4 Å². The van der Waals surface area contributed by atoms with Gasteiger partial charge in [-0.05, 0) is 30.4 Å². The van der Waals surface area contributed by atoms with Crippen LogP contribution in [0.4, 0.5) is 0 Å². The molecule has 20 heavy (non-hydrogen) atoms. The Morgan fingerprint density at radius 3 is 2.25 bits per heavy atom. The van der Waals surface area contributed by atoms with Crippen LogP contribution in [0.25, 0.3) is 0 Å². The summed E-state index contributed by atoms with van der Waals surface area (Å²) in [5.74, 6) is 0. The molecule has 1 aromatic rings. The van der Waals surface area contributed by atoms with Gasteiger partial charge in [0.2, 0.25) is 0 Å². The molecule has 1 fully saturated rings. The minimum absolute atomic E-state index is 0.103. The molecule has 1 aliphatic carbocycles. The molecule has 1 saturated carbocycles. The summed E-state index contributed by atoms with van der Waals surface area (Å²) < 4.78 is 0. The summed E-state index contributed by atoms with van der Waals surface area (Å²) in [4.78, 5) is 2.23. The Hall–Kier alpha value is -0.850. The van der Waals surface area contributed by atoms with Crippen molar-refractivity contribution in [3.8, 4) is 6.07 Å². The molecule has 0 radical (unpaired) electrons. The van der Waals surface area contributed by atoms with E-state index in [1.807, 2.05) is 6.07 Å². The van der Waals surface area contributed by atoms with E-state index in [2.05, 4.69) is 32.9 Å². The second kappa shape index (κ2) is 5.87. The molecule has 0 bridgehead atoms. The first-order chi connectivity index (χ1) is 9.39. The third-order valence-corrected chi connectivity index (χ3v) is 5.94. The highest BCUT2D eigenvalue weighted by Gasteiger charge is 2.40. The number of hydrogen-bond acceptors (Lipinski definition) is 3. The van der Waals surface area contributed by atoms with E-state index in [0.29, 0.717) is 0 Å². The van der Waals surface area contributed by atoms with Crippen molar-refractivity contribution in [2.45, 2.75) is 70.8 Å². The maximum atomic E-state index is 10.8. The molecule has 0 aromatic carbocycles. The second-order valence-electron chi connectivity index (χ2n) is 7.04. The lowest BCUT2D eigenvalue weighted by molar-refractivity contribution is 0.0546. The quantitative estimate of drug-likeness (QED) is 0.784. The zero-order chi connectivity index (χ0) is 14.8. The summed E-state index contributed by atoms with van der Waals surface area (Å²) in [5, 5.41) is 20.4. The highest BCUT2D eigenvalue weighted by molar-refractivity contribution is 7.12. The fourth-order valence-electron chi connectivity index (χ4n) is 2.98. The smallest absolute Gasteiger partial charge is 0.107 e. The molecule has 3 heteroatoms. The number of aliphatic hydroxyl groups excluding tert-OH is 1. The topological polar surface area (TPSA) is 44.0 Å². The summed E-state index contributed by atoms with van der Waals surface area (Å²) >= 11 is 1.66. The number of aliphatic hydroxyl groups is 1. The molecule has 2 rings (SSSR count). The Balaban J connectivity index is 2.26. The van der Waals surface area contributed by atoms with E-state index in [1.54, 1.807) is 11.3 Å². The van der Waals surface area contributed by atoms with E-state index in [4.69, 9.17) is 0 Å². The van der Waals surface area contributed by atoms with E-state index in [0.717, 1.165) is 30.6 Å². The predicted molar refractivity (Wildman–Crippen MR) is 83.7 cm³/mol. The van der Waals surface area contributed by atoms with Crippen molar-refractivity contribution >= 4 is 11.3 Å². The summed E-state index contributed by atoms with van der Waals surface area (Å²) in [6.45, 7) is 6.54. The maximum Gasteiger partial charge on any atom is 0.107 e. The van der Waals surface area contributed by atoms with Crippen molar-refractivity contribution in [3.63, 3.8) is 0 Å². The van der Waals surface area contributed by atoms with Crippen LogP contribution in [0.2, 0.25) is 0 Å². The molecule has 1 aromatic heterocycles. The first kappa shape index (κ1) is 15.5. The molecule has 1 atom stereocenters. The number of thiophene rings is 1. The zero-order valence-corrected chi connectivity index (χ0v) is 13.6. The minimum Gasteiger partial charge on any atom is -0.386 e. The third-order valence-electron chi connectivity index (χ3n) is 4.38. The highest BCUT2D eigenvalue weighted by atomic mass is 32.1. The Kier molecular flexibility index (Phi) is 4.56. The van der Waals surface area contributed by atoms with Crippen LogP contribution in [-0.4, -0.2) is 5.11 Å². The van der Waals surface area contributed by atoms with Gasteiger partial charge >= 0.3 is 0 Å². The molecule has 0 saturated heterocycles. The molecule has 1 N–H and O–H groups in total. The van der Waals surface area contributed by atoms with Crippen molar-refractivity contribution in [2.24, 2.45) is 5.41 Å². The van der Waals surface area contributed by atoms with Crippen molar-refractivity contribution < 1.29 is 5.11 Å². The van der Waals surface area contributed by atoms with Crippen molar-refractivity contribution in [2.75, 3.05) is 0 Å². The zero-order valence-electron chi connectivity index (χ0n) is 12.8. The molecule has 110 valence electrons. The van der Waals surface area contributed by atoms with Gasteiger partial charge in [-0.15, -0.1) is 11.3 Å². The van der Waals surface area contributed by atoms with Gasteiger partial charge in [-0.2, -0.15) is 5.26 Å². The number of hydrogen-bond donors (Lipinski definition) is 1. The molecular formula is C17H25NOS. The van der Waals surface area contributed by atoms with Gasteiger partial charge in [-0.25, -0.2) is 0 Å². The average Bonchev–Trinajstić information content (AvgIpc) is 2.77. The van der Waals surface area contributed by atoms with Crippen LogP contribution in [0.1, 0.15) is 75.2 Å². The molecule has 0 amide bonds. The Morgan fingerprint density at radius 1 is 1.20 bits per heavy atom. The Bertz CT molecular complexity index is 484. The Labute approximate surface area is 126 Å². The van der Waals surface area contributed by atoms with Gasteiger partial charge in [-0.3, -0.25) is 0 Å². The third kappa shape index (κ3) is 3.07. The van der Waals surface area contributed by atoms with Crippen LogP contribution in [0.15, 0.2) is 12.1 Å². The Morgan fingerprint density at radius 2 is 1.80 bits per heavy atom. The fourth-order valence-corrected chi connectivity index (χ4v) is 4.15. The van der Waals surface area contributed by atoms with Crippen LogP contribution in [0.3, 0.4) is 0 Å². The molecule has 0 aliphatic heterocycles. The van der Waals surface area contributed by atoms with Crippen LogP contribution >= 0.6 is 11.3 Å². The summed E-state index contributed by atoms with van der Waals surface area (Å²) in [6, 6.07) is 6.58. The normalized spacial score (nSPS) is 20.9. The summed E-state index contributed by atoms with van der Waals surface area (Å²) in [5.41, 5.74) is -0.470. The van der Waals surface area contributed by atoms with Crippen LogP contribution < -0.4 is 0 Å².